The molecule has 2 atom stereocenters. The standard InChI is InChI=1S/C22H20FN3O5S/c23-15-5-7-18(8-6-15)32(28,29)13-21-24-22(31-25-21)19-10-16(27)11-26(19)12-17-9-14-3-1-2-4-20(14)30-17/h1-9,16,19,27H,10-13H2. The van der Waals surface area contributed by atoms with Gasteiger partial charge in [0, 0.05) is 11.9 Å². The SMILES string of the molecule is O=S(=O)(Cc1noc(C2CC(O)CN2Cc2cc3ccccc3o2)n1)c1ccc(F)cc1. The van der Waals surface area contributed by atoms with Crippen molar-refractivity contribution in [3.8, 4) is 0 Å². The fourth-order valence-electron chi connectivity index (χ4n) is 3.98. The Morgan fingerprint density at radius 3 is 2.72 bits per heavy atom. The van der Waals surface area contributed by atoms with E-state index in [2.05, 4.69) is 10.1 Å². The average molecular weight is 457 g/mol. The number of aliphatic hydroxyl groups excluding tert-OH is 1. The van der Waals surface area contributed by atoms with Gasteiger partial charge in [0.25, 0.3) is 0 Å². The van der Waals surface area contributed by atoms with Crippen LogP contribution in [-0.2, 0) is 22.1 Å². The molecule has 1 aliphatic rings. The topological polar surface area (TPSA) is 110 Å². The molecule has 0 saturated carbocycles. The lowest BCUT2D eigenvalue weighted by Gasteiger charge is -2.19. The third-order valence-electron chi connectivity index (χ3n) is 5.48. The van der Waals surface area contributed by atoms with Gasteiger partial charge in [-0.15, -0.1) is 0 Å². The Bertz CT molecular complexity index is 1320. The first kappa shape index (κ1) is 20.8. The van der Waals surface area contributed by atoms with Crippen molar-refractivity contribution in [2.75, 3.05) is 6.54 Å². The van der Waals surface area contributed by atoms with E-state index in [-0.39, 0.29) is 22.7 Å². The molecule has 1 N–H and O–H groups in total. The highest BCUT2D eigenvalue weighted by Gasteiger charge is 2.36. The second-order valence-electron chi connectivity index (χ2n) is 7.85. The van der Waals surface area contributed by atoms with Crippen LogP contribution in [0.3, 0.4) is 0 Å². The largest absolute Gasteiger partial charge is 0.460 e. The molecule has 1 aliphatic heterocycles. The number of β-amino-alcohol motifs (C(OH)–C–C–N with tert-alkyl or cyclic N) is 1. The van der Waals surface area contributed by atoms with Gasteiger partial charge in [-0.2, -0.15) is 4.98 Å². The second kappa shape index (κ2) is 8.12. The number of likely N-dealkylation sites (tertiary alicyclic amines) is 1. The third-order valence-corrected chi connectivity index (χ3v) is 7.11. The summed E-state index contributed by atoms with van der Waals surface area (Å²) in [7, 11) is -3.76. The van der Waals surface area contributed by atoms with E-state index in [1.807, 2.05) is 35.2 Å². The summed E-state index contributed by atoms with van der Waals surface area (Å²) >= 11 is 0. The Labute approximate surface area is 183 Å². The van der Waals surface area contributed by atoms with Crippen molar-refractivity contribution < 1.29 is 26.9 Å². The highest BCUT2D eigenvalue weighted by Crippen LogP contribution is 2.33. The van der Waals surface area contributed by atoms with Crippen LogP contribution in [0.5, 0.6) is 0 Å². The highest BCUT2D eigenvalue weighted by atomic mass is 32.2. The van der Waals surface area contributed by atoms with Crippen molar-refractivity contribution >= 4 is 20.8 Å². The third kappa shape index (κ3) is 4.16. The fourth-order valence-corrected chi connectivity index (χ4v) is 5.16. The highest BCUT2D eigenvalue weighted by molar-refractivity contribution is 7.90. The van der Waals surface area contributed by atoms with Gasteiger partial charge in [-0.3, -0.25) is 4.90 Å². The average Bonchev–Trinajstić information content (AvgIpc) is 3.46. The van der Waals surface area contributed by atoms with Crippen LogP contribution >= 0.6 is 0 Å². The van der Waals surface area contributed by atoms with Gasteiger partial charge in [-0.25, -0.2) is 12.8 Å². The van der Waals surface area contributed by atoms with Crippen LogP contribution in [0.15, 0.2) is 68.4 Å². The first-order chi connectivity index (χ1) is 15.4. The molecule has 4 aromatic rings. The van der Waals surface area contributed by atoms with Crippen LogP contribution in [0.2, 0.25) is 0 Å². The zero-order valence-corrected chi connectivity index (χ0v) is 17.7. The molecule has 2 aromatic heterocycles. The number of benzene rings is 2. The molecule has 0 amide bonds. The minimum Gasteiger partial charge on any atom is -0.460 e. The molecule has 1 saturated heterocycles. The van der Waals surface area contributed by atoms with Gasteiger partial charge >= 0.3 is 0 Å². The summed E-state index contributed by atoms with van der Waals surface area (Å²) in [5.41, 5.74) is 0.782. The van der Waals surface area contributed by atoms with Gasteiger partial charge in [-0.1, -0.05) is 23.4 Å². The van der Waals surface area contributed by atoms with Crippen LogP contribution in [0.1, 0.15) is 29.9 Å². The molecule has 1 fully saturated rings. The van der Waals surface area contributed by atoms with Crippen molar-refractivity contribution in [1.29, 1.82) is 0 Å². The van der Waals surface area contributed by atoms with E-state index in [9.17, 15) is 17.9 Å². The molecule has 2 unspecified atom stereocenters. The number of furan rings is 1. The van der Waals surface area contributed by atoms with Crippen LogP contribution in [-0.4, -0.2) is 41.2 Å². The van der Waals surface area contributed by atoms with E-state index in [4.69, 9.17) is 8.94 Å². The second-order valence-corrected chi connectivity index (χ2v) is 9.84. The first-order valence-corrected chi connectivity index (χ1v) is 11.7. The van der Waals surface area contributed by atoms with Crippen LogP contribution in [0, 0.1) is 5.82 Å². The van der Waals surface area contributed by atoms with Gasteiger partial charge in [0.05, 0.1) is 23.6 Å². The molecule has 2 aromatic carbocycles. The summed E-state index contributed by atoms with van der Waals surface area (Å²) in [6, 6.07) is 13.9. The number of aliphatic hydroxyl groups is 1. The van der Waals surface area contributed by atoms with Crippen molar-refractivity contribution in [3.05, 3.63) is 77.9 Å². The fraction of sp³-hybridized carbons (Fsp3) is 0.273. The first-order valence-electron chi connectivity index (χ1n) is 10.1. The molecule has 0 aliphatic carbocycles. The van der Waals surface area contributed by atoms with Crippen LogP contribution < -0.4 is 0 Å². The Balaban J connectivity index is 1.34. The number of sulfone groups is 1. The van der Waals surface area contributed by atoms with Gasteiger partial charge < -0.3 is 14.0 Å². The monoisotopic (exact) mass is 457 g/mol. The molecule has 0 spiro atoms. The Morgan fingerprint density at radius 1 is 1.16 bits per heavy atom. The molecular weight excluding hydrogens is 437 g/mol. The Hall–Kier alpha value is -3.08. The normalized spacial score (nSPS) is 19.7. The maximum absolute atomic E-state index is 13.1. The number of nitrogens with zero attached hydrogens (tertiary/aromatic N) is 3. The summed E-state index contributed by atoms with van der Waals surface area (Å²) in [6.07, 6.45) is -0.199. The minimum absolute atomic E-state index is 0.00871. The Morgan fingerprint density at radius 2 is 1.94 bits per heavy atom. The molecule has 0 radical (unpaired) electrons. The van der Waals surface area contributed by atoms with E-state index in [1.54, 1.807) is 0 Å². The number of hydrogen-bond donors (Lipinski definition) is 1. The van der Waals surface area contributed by atoms with Crippen LogP contribution in [0.25, 0.3) is 11.0 Å². The number of halogens is 1. The molecule has 3 heterocycles. The molecule has 166 valence electrons. The number of rotatable bonds is 6. The van der Waals surface area contributed by atoms with Crippen molar-refractivity contribution in [3.63, 3.8) is 0 Å². The number of para-hydroxylation sites is 1. The van der Waals surface area contributed by atoms with E-state index in [0.29, 0.717) is 19.5 Å². The molecular formula is C22H20FN3O5S. The molecule has 8 nitrogen and oxygen atoms in total. The molecule has 0 bridgehead atoms. The lowest BCUT2D eigenvalue weighted by atomic mass is 10.2. The maximum atomic E-state index is 13.1. The van der Waals surface area contributed by atoms with Gasteiger partial charge in [0.2, 0.25) is 5.89 Å². The predicted molar refractivity (Wildman–Crippen MR) is 112 cm³/mol. The van der Waals surface area contributed by atoms with Gasteiger partial charge in [-0.05, 0) is 42.8 Å². The van der Waals surface area contributed by atoms with E-state index < -0.39 is 27.5 Å². The zero-order chi connectivity index (χ0) is 22.3. The van der Waals surface area contributed by atoms with Crippen LogP contribution in [0.4, 0.5) is 4.39 Å². The van der Waals surface area contributed by atoms with E-state index in [0.717, 1.165) is 28.9 Å². The quantitative estimate of drug-likeness (QED) is 0.440. The van der Waals surface area contributed by atoms with Crippen molar-refractivity contribution in [2.24, 2.45) is 0 Å². The number of hydrogen-bond acceptors (Lipinski definition) is 8. The summed E-state index contributed by atoms with van der Waals surface area (Å²) in [4.78, 5) is 6.22. The van der Waals surface area contributed by atoms with E-state index >= 15 is 0 Å². The summed E-state index contributed by atoms with van der Waals surface area (Å²) in [6.45, 7) is 0.829. The molecule has 5 rings (SSSR count). The van der Waals surface area contributed by atoms with Crippen molar-refractivity contribution in [2.45, 2.75) is 35.8 Å². The lowest BCUT2D eigenvalue weighted by molar-refractivity contribution is 0.164. The predicted octanol–water partition coefficient (Wildman–Crippen LogP) is 3.24. The summed E-state index contributed by atoms with van der Waals surface area (Å²) < 4.78 is 49.5. The number of aromatic nitrogens is 2. The molecule has 32 heavy (non-hydrogen) atoms. The summed E-state index contributed by atoms with van der Waals surface area (Å²) in [5.74, 6) is -0.00326. The maximum Gasteiger partial charge on any atom is 0.244 e. The van der Waals surface area contributed by atoms with E-state index in [1.165, 1.54) is 12.1 Å². The minimum atomic E-state index is -3.76. The van der Waals surface area contributed by atoms with Gasteiger partial charge in [0.15, 0.2) is 15.7 Å². The van der Waals surface area contributed by atoms with Crippen molar-refractivity contribution in [1.82, 2.24) is 15.0 Å². The number of fused-ring (bicyclic) bond motifs is 1. The lowest BCUT2D eigenvalue weighted by Crippen LogP contribution is -2.24. The molecule has 10 heteroatoms. The van der Waals surface area contributed by atoms with Gasteiger partial charge in [0.1, 0.15) is 22.9 Å². The Kier molecular flexibility index (Phi) is 5.28. The smallest absolute Gasteiger partial charge is 0.244 e. The zero-order valence-electron chi connectivity index (χ0n) is 16.9. The summed E-state index contributed by atoms with van der Waals surface area (Å²) in [5, 5.41) is 15.0.